The molecule has 1 aromatic heterocycles. The summed E-state index contributed by atoms with van der Waals surface area (Å²) < 4.78 is 30.4. The van der Waals surface area contributed by atoms with Crippen molar-refractivity contribution in [3.63, 3.8) is 0 Å². The number of hydrogen-bond acceptors (Lipinski definition) is 7. The minimum absolute atomic E-state index is 0.132. The number of nitrogens with zero attached hydrogens (tertiary/aromatic N) is 2. The lowest BCUT2D eigenvalue weighted by Gasteiger charge is -2.04. The maximum atomic E-state index is 12.0. The van der Waals surface area contributed by atoms with Crippen LogP contribution in [0.2, 0.25) is 0 Å². The van der Waals surface area contributed by atoms with Crippen LogP contribution in [0.4, 0.5) is 11.4 Å². The van der Waals surface area contributed by atoms with Crippen LogP contribution in [0.5, 0.6) is 0 Å². The van der Waals surface area contributed by atoms with Crippen molar-refractivity contribution in [2.24, 2.45) is 0 Å². The molecule has 0 aliphatic carbocycles. The number of sulfonamides is 1. The molecule has 0 unspecified atom stereocenters. The van der Waals surface area contributed by atoms with E-state index in [-0.39, 0.29) is 22.8 Å². The number of aromatic nitrogens is 2. The Bertz CT molecular complexity index is 1060. The maximum absolute atomic E-state index is 12.0. The number of carbonyl (C=O) groups is 1. The van der Waals surface area contributed by atoms with Gasteiger partial charge in [0.15, 0.2) is 0 Å². The topological polar surface area (TPSA) is 114 Å². The minimum Gasteiger partial charge on any atom is -0.411 e. The Hall–Kier alpha value is -2.85. The zero-order valence-electron chi connectivity index (χ0n) is 15.2. The smallest absolute Gasteiger partial charge is 0.277 e. The number of aryl methyl sites for hydroxylation is 1. The fourth-order valence-corrected chi connectivity index (χ4v) is 3.37. The Morgan fingerprint density at radius 2 is 1.68 bits per heavy atom. The van der Waals surface area contributed by atoms with Gasteiger partial charge in [-0.05, 0) is 43.3 Å². The quantitative estimate of drug-likeness (QED) is 0.567. The average molecular weight is 419 g/mol. The summed E-state index contributed by atoms with van der Waals surface area (Å²) >= 11 is 1.13. The summed E-state index contributed by atoms with van der Waals surface area (Å²) in [5, 5.41) is 10.9. The van der Waals surface area contributed by atoms with Gasteiger partial charge in [0.25, 0.3) is 5.22 Å². The molecule has 0 spiro atoms. The number of hydrogen-bond donors (Lipinski definition) is 2. The molecule has 28 heavy (non-hydrogen) atoms. The van der Waals surface area contributed by atoms with Gasteiger partial charge in [-0.3, -0.25) is 9.52 Å². The van der Waals surface area contributed by atoms with Gasteiger partial charge in [-0.15, -0.1) is 10.2 Å². The van der Waals surface area contributed by atoms with Gasteiger partial charge < -0.3 is 9.73 Å². The van der Waals surface area contributed by atoms with E-state index in [0.29, 0.717) is 11.3 Å². The molecular formula is C18H18N4O4S2. The van der Waals surface area contributed by atoms with E-state index in [1.807, 2.05) is 31.2 Å². The highest BCUT2D eigenvalue weighted by molar-refractivity contribution is 7.99. The Morgan fingerprint density at radius 3 is 2.32 bits per heavy atom. The molecule has 1 heterocycles. The lowest BCUT2D eigenvalue weighted by Crippen LogP contribution is -2.13. The van der Waals surface area contributed by atoms with Gasteiger partial charge >= 0.3 is 0 Å². The molecule has 0 fully saturated rings. The Labute approximate surface area is 166 Å². The first kappa shape index (κ1) is 19.9. The molecule has 3 rings (SSSR count). The number of nitrogens with one attached hydrogen (secondary N) is 2. The van der Waals surface area contributed by atoms with Gasteiger partial charge in [-0.2, -0.15) is 0 Å². The molecular weight excluding hydrogens is 400 g/mol. The molecule has 0 saturated heterocycles. The van der Waals surface area contributed by atoms with E-state index in [4.69, 9.17) is 4.42 Å². The first-order valence-corrected chi connectivity index (χ1v) is 11.1. The molecule has 0 atom stereocenters. The molecule has 2 aromatic carbocycles. The second-order valence-corrected chi connectivity index (χ2v) is 8.70. The van der Waals surface area contributed by atoms with E-state index in [1.165, 1.54) is 0 Å². The molecule has 146 valence electrons. The summed E-state index contributed by atoms with van der Waals surface area (Å²) in [4.78, 5) is 12.0. The third-order valence-corrected chi connectivity index (χ3v) is 4.93. The van der Waals surface area contributed by atoms with Crippen LogP contribution in [0.1, 0.15) is 5.56 Å². The fourth-order valence-electron chi connectivity index (χ4n) is 2.24. The van der Waals surface area contributed by atoms with Crippen molar-refractivity contribution in [1.29, 1.82) is 0 Å². The molecule has 0 bridgehead atoms. The number of amides is 1. The summed E-state index contributed by atoms with van der Waals surface area (Å²) in [6.07, 6.45) is 1.08. The summed E-state index contributed by atoms with van der Waals surface area (Å²) in [7, 11) is -3.33. The van der Waals surface area contributed by atoms with E-state index in [0.717, 1.165) is 29.3 Å². The fraction of sp³-hybridized carbons (Fsp3) is 0.167. The van der Waals surface area contributed by atoms with Gasteiger partial charge in [-0.25, -0.2) is 8.42 Å². The molecule has 3 aromatic rings. The van der Waals surface area contributed by atoms with Crippen molar-refractivity contribution >= 4 is 39.1 Å². The minimum atomic E-state index is -3.33. The van der Waals surface area contributed by atoms with Gasteiger partial charge in [0.05, 0.1) is 12.0 Å². The second-order valence-electron chi connectivity index (χ2n) is 6.03. The molecule has 1 amide bonds. The van der Waals surface area contributed by atoms with Gasteiger partial charge in [0, 0.05) is 16.9 Å². The van der Waals surface area contributed by atoms with Gasteiger partial charge in [-0.1, -0.05) is 29.5 Å². The van der Waals surface area contributed by atoms with Crippen LogP contribution >= 0.6 is 11.8 Å². The zero-order chi connectivity index (χ0) is 20.1. The van der Waals surface area contributed by atoms with E-state index in [1.54, 1.807) is 24.3 Å². The highest BCUT2D eigenvalue weighted by atomic mass is 32.2. The summed E-state index contributed by atoms with van der Waals surface area (Å²) in [6.45, 7) is 1.98. The molecule has 8 nitrogen and oxygen atoms in total. The average Bonchev–Trinajstić information content (AvgIpc) is 3.10. The van der Waals surface area contributed by atoms with Crippen LogP contribution in [0.25, 0.3) is 11.5 Å². The van der Waals surface area contributed by atoms with Crippen molar-refractivity contribution in [3.8, 4) is 11.5 Å². The summed E-state index contributed by atoms with van der Waals surface area (Å²) in [6, 6.07) is 14.0. The predicted octanol–water partition coefficient (Wildman–Crippen LogP) is 3.15. The molecule has 0 aliphatic rings. The molecule has 0 aliphatic heterocycles. The van der Waals surface area contributed by atoms with Crippen LogP contribution in [-0.4, -0.2) is 36.5 Å². The lowest BCUT2D eigenvalue weighted by molar-refractivity contribution is -0.113. The number of thioether (sulfide) groups is 1. The monoisotopic (exact) mass is 418 g/mol. The van der Waals surface area contributed by atoms with Crippen LogP contribution in [0, 0.1) is 6.92 Å². The molecule has 10 heteroatoms. The normalized spacial score (nSPS) is 11.2. The Kier molecular flexibility index (Phi) is 6.00. The van der Waals surface area contributed by atoms with Crippen LogP contribution in [-0.2, 0) is 14.8 Å². The van der Waals surface area contributed by atoms with Crippen molar-refractivity contribution in [3.05, 3.63) is 54.1 Å². The van der Waals surface area contributed by atoms with Gasteiger partial charge in [0.2, 0.25) is 21.8 Å². The summed E-state index contributed by atoms with van der Waals surface area (Å²) in [5.41, 5.74) is 2.92. The largest absolute Gasteiger partial charge is 0.411 e. The van der Waals surface area contributed by atoms with Crippen molar-refractivity contribution in [2.75, 3.05) is 22.0 Å². The highest BCUT2D eigenvalue weighted by Gasteiger charge is 2.12. The number of anilines is 2. The Morgan fingerprint density at radius 1 is 1.04 bits per heavy atom. The van der Waals surface area contributed by atoms with Crippen molar-refractivity contribution in [2.45, 2.75) is 12.1 Å². The third kappa shape index (κ3) is 5.83. The number of rotatable bonds is 7. The maximum Gasteiger partial charge on any atom is 0.277 e. The molecule has 0 saturated carbocycles. The lowest BCUT2D eigenvalue weighted by atomic mass is 10.2. The first-order valence-electron chi connectivity index (χ1n) is 8.19. The van der Waals surface area contributed by atoms with E-state index >= 15 is 0 Å². The van der Waals surface area contributed by atoms with E-state index < -0.39 is 10.0 Å². The molecule has 0 radical (unpaired) electrons. The summed E-state index contributed by atoms with van der Waals surface area (Å²) in [5.74, 6) is 0.240. The van der Waals surface area contributed by atoms with Crippen LogP contribution < -0.4 is 10.0 Å². The van der Waals surface area contributed by atoms with Crippen LogP contribution in [0.3, 0.4) is 0 Å². The van der Waals surface area contributed by atoms with Crippen molar-refractivity contribution < 1.29 is 17.6 Å². The standard InChI is InChI=1S/C18H18N4O4S2/c1-12-3-7-14(8-4-12)19-16(23)11-27-18-21-20-17(26-18)13-5-9-15(10-6-13)22-28(2,24)25/h3-10,22H,11H2,1-2H3,(H,19,23). The second kappa shape index (κ2) is 8.44. The Balaban J connectivity index is 1.56. The molecule has 2 N–H and O–H groups in total. The highest BCUT2D eigenvalue weighted by Crippen LogP contribution is 2.24. The predicted molar refractivity (Wildman–Crippen MR) is 109 cm³/mol. The van der Waals surface area contributed by atoms with E-state index in [2.05, 4.69) is 20.2 Å². The van der Waals surface area contributed by atoms with Crippen molar-refractivity contribution in [1.82, 2.24) is 10.2 Å². The van der Waals surface area contributed by atoms with Gasteiger partial charge in [0.1, 0.15) is 0 Å². The van der Waals surface area contributed by atoms with Crippen LogP contribution in [0.15, 0.2) is 58.2 Å². The first-order chi connectivity index (χ1) is 13.3. The third-order valence-electron chi connectivity index (χ3n) is 3.50. The SMILES string of the molecule is Cc1ccc(NC(=O)CSc2nnc(-c3ccc(NS(C)(=O)=O)cc3)o2)cc1. The zero-order valence-corrected chi connectivity index (χ0v) is 16.8. The number of carbonyl (C=O) groups excluding carboxylic acids is 1. The van der Waals surface area contributed by atoms with E-state index in [9.17, 15) is 13.2 Å². The number of benzene rings is 2.